The van der Waals surface area contributed by atoms with Gasteiger partial charge in [-0.15, -0.1) is 0 Å². The number of aliphatic carboxylic acids is 2. The Morgan fingerprint density at radius 2 is 0.764 bits per heavy atom. The van der Waals surface area contributed by atoms with Gasteiger partial charge < -0.3 is 29.8 Å². The number of benzene rings is 6. The molecule has 6 aromatic rings. The Labute approximate surface area is 325 Å². The molecule has 15 heteroatoms. The Hall–Kier alpha value is -5.78. The van der Waals surface area contributed by atoms with E-state index in [1.807, 2.05) is 0 Å². The SMILES string of the molecule is CN1[CH-]N(c2ccc3ccccc3c2-c2c(N3[CH-]N(C)c4ccccc43)ccc3ccccc23)c2ccccc21.O=C(O)C(F)(F)F.O=C(O)C(F)(F)F.[Pd+2]. The molecule has 2 aliphatic heterocycles. The van der Waals surface area contributed by atoms with Crippen molar-refractivity contribution in [2.24, 2.45) is 0 Å². The van der Waals surface area contributed by atoms with E-state index >= 15 is 0 Å². The molecule has 0 amide bonds. The topological polar surface area (TPSA) is 87.6 Å². The number of rotatable bonds is 3. The summed E-state index contributed by atoms with van der Waals surface area (Å²) in [5.74, 6) is -5.51. The van der Waals surface area contributed by atoms with E-state index in [4.69, 9.17) is 19.8 Å². The van der Waals surface area contributed by atoms with E-state index in [9.17, 15) is 26.3 Å². The van der Waals surface area contributed by atoms with Crippen LogP contribution in [-0.4, -0.2) is 48.6 Å². The largest absolute Gasteiger partial charge is 2.00 e. The van der Waals surface area contributed by atoms with Gasteiger partial charge in [0, 0.05) is 45.3 Å². The van der Waals surface area contributed by atoms with Crippen LogP contribution >= 0.6 is 0 Å². The molecule has 6 aromatic carbocycles. The number of carboxylic acids is 2. The van der Waals surface area contributed by atoms with E-state index in [1.54, 1.807) is 0 Å². The van der Waals surface area contributed by atoms with E-state index in [-0.39, 0.29) is 20.4 Å². The number of fused-ring (bicyclic) bond motifs is 4. The number of hydrogen-bond acceptors (Lipinski definition) is 6. The molecule has 286 valence electrons. The summed E-state index contributed by atoms with van der Waals surface area (Å²) in [4.78, 5) is 26.9. The minimum absolute atomic E-state index is 0. The summed E-state index contributed by atoms with van der Waals surface area (Å²) in [6, 6.07) is 43.8. The van der Waals surface area contributed by atoms with E-state index in [0.717, 1.165) is 11.4 Å². The molecule has 0 aromatic heterocycles. The van der Waals surface area contributed by atoms with Gasteiger partial charge in [0.2, 0.25) is 0 Å². The monoisotopic (exact) mass is 850 g/mol. The molecule has 55 heavy (non-hydrogen) atoms. The van der Waals surface area contributed by atoms with E-state index < -0.39 is 24.3 Å². The average Bonchev–Trinajstić information content (AvgIpc) is 3.66. The van der Waals surface area contributed by atoms with Gasteiger partial charge in [-0.1, -0.05) is 84.9 Å². The van der Waals surface area contributed by atoms with Gasteiger partial charge in [-0.2, -0.15) is 39.7 Å². The second-order valence-corrected chi connectivity index (χ2v) is 12.1. The van der Waals surface area contributed by atoms with Crippen LogP contribution in [0.2, 0.25) is 0 Å². The quantitative estimate of drug-likeness (QED) is 0.103. The zero-order chi connectivity index (χ0) is 38.9. The molecular formula is C40H30F6N4O4Pd. The maximum atomic E-state index is 10.6. The van der Waals surface area contributed by atoms with Gasteiger partial charge in [-0.3, -0.25) is 0 Å². The molecule has 2 aliphatic rings. The molecule has 8 nitrogen and oxygen atoms in total. The van der Waals surface area contributed by atoms with Gasteiger partial charge in [-0.05, 0) is 72.0 Å². The minimum atomic E-state index is -5.08. The van der Waals surface area contributed by atoms with Crippen LogP contribution in [0.15, 0.2) is 121 Å². The van der Waals surface area contributed by atoms with Crippen molar-refractivity contribution in [3.8, 4) is 11.1 Å². The predicted molar refractivity (Wildman–Crippen MR) is 197 cm³/mol. The zero-order valence-corrected chi connectivity index (χ0v) is 30.3. The van der Waals surface area contributed by atoms with Crippen molar-refractivity contribution in [3.63, 3.8) is 0 Å². The van der Waals surface area contributed by atoms with Crippen LogP contribution in [0.1, 0.15) is 0 Å². The van der Waals surface area contributed by atoms with Crippen molar-refractivity contribution in [2.45, 2.75) is 12.4 Å². The standard InChI is InChI=1S/C36H28N4.2C2HF3O2.Pd/c1-37-23-39(31-17-9-7-15-29(31)37)33-21-19-25-11-3-5-13-27(25)35(33)36-28-14-6-4-12-26(28)20-22-34(36)40-24-38(2)30-16-8-10-18-32(30)40;2*3-2(4,5)1(6)7;/h3-24H,1-2H3;2*(H,6,7);/q-2;;;+2. The Morgan fingerprint density at radius 1 is 0.473 bits per heavy atom. The Morgan fingerprint density at radius 3 is 1.09 bits per heavy atom. The summed E-state index contributed by atoms with van der Waals surface area (Å²) in [7, 11) is 4.24. The van der Waals surface area contributed by atoms with Gasteiger partial charge in [-0.25, -0.2) is 9.59 Å². The number of para-hydroxylation sites is 4. The van der Waals surface area contributed by atoms with E-state index in [2.05, 4.69) is 168 Å². The summed E-state index contributed by atoms with van der Waals surface area (Å²) < 4.78 is 63.5. The molecule has 0 fully saturated rings. The number of hydrogen-bond donors (Lipinski definition) is 2. The van der Waals surface area contributed by atoms with Crippen LogP contribution in [0.3, 0.4) is 0 Å². The first-order valence-electron chi connectivity index (χ1n) is 16.1. The van der Waals surface area contributed by atoms with Crippen LogP contribution < -0.4 is 19.6 Å². The number of anilines is 6. The second-order valence-electron chi connectivity index (χ2n) is 12.1. The van der Waals surface area contributed by atoms with Gasteiger partial charge in [0.25, 0.3) is 0 Å². The van der Waals surface area contributed by atoms with Gasteiger partial charge in [0.1, 0.15) is 0 Å². The molecule has 0 bridgehead atoms. The fourth-order valence-corrected chi connectivity index (χ4v) is 6.36. The number of halogens is 6. The first-order valence-corrected chi connectivity index (χ1v) is 16.1. The smallest absolute Gasteiger partial charge is 0.504 e. The molecule has 8 rings (SSSR count). The summed E-state index contributed by atoms with van der Waals surface area (Å²) in [6.45, 7) is 4.41. The summed E-state index contributed by atoms with van der Waals surface area (Å²) >= 11 is 0. The molecule has 0 unspecified atom stereocenters. The van der Waals surface area contributed by atoms with Crippen molar-refractivity contribution in [2.75, 3.05) is 33.7 Å². The first kappa shape index (κ1) is 40.4. The molecular weight excluding hydrogens is 821 g/mol. The van der Waals surface area contributed by atoms with Gasteiger partial charge in [0.05, 0.1) is 0 Å². The maximum Gasteiger partial charge on any atom is 2.00 e. The van der Waals surface area contributed by atoms with Gasteiger partial charge >= 0.3 is 44.7 Å². The summed E-state index contributed by atoms with van der Waals surface area (Å²) in [6.07, 6.45) is -10.2. The molecule has 0 atom stereocenters. The third kappa shape index (κ3) is 8.18. The third-order valence-corrected chi connectivity index (χ3v) is 8.69. The van der Waals surface area contributed by atoms with Crippen molar-refractivity contribution in [1.82, 2.24) is 0 Å². The number of alkyl halides is 6. The number of carboxylic acid groups (broad SMARTS) is 2. The normalized spacial score (nSPS) is 13.3. The first-order chi connectivity index (χ1) is 25.6. The Kier molecular flexibility index (Phi) is 11.7. The number of carbonyl (C=O) groups is 2. The molecule has 0 spiro atoms. The van der Waals surface area contributed by atoms with Crippen molar-refractivity contribution in [3.05, 3.63) is 135 Å². The van der Waals surface area contributed by atoms with Crippen LogP contribution in [0.4, 0.5) is 60.5 Å². The fourth-order valence-electron chi connectivity index (χ4n) is 6.36. The molecule has 0 saturated heterocycles. The maximum absolute atomic E-state index is 10.6. The van der Waals surface area contributed by atoms with Crippen LogP contribution in [0.25, 0.3) is 32.7 Å². The average molecular weight is 851 g/mol. The third-order valence-electron chi connectivity index (χ3n) is 8.69. The van der Waals surface area contributed by atoms with Crippen LogP contribution in [0, 0.1) is 13.3 Å². The molecule has 0 radical (unpaired) electrons. The molecule has 2 N–H and O–H groups in total. The van der Waals surface area contributed by atoms with Crippen LogP contribution in [-0.2, 0) is 30.0 Å². The zero-order valence-electron chi connectivity index (χ0n) is 28.8. The Balaban J connectivity index is 0.000000333. The molecule has 0 aliphatic carbocycles. The van der Waals surface area contributed by atoms with Crippen molar-refractivity contribution in [1.29, 1.82) is 0 Å². The summed E-state index contributed by atoms with van der Waals surface area (Å²) in [5.41, 5.74) is 9.54. The molecule has 2 heterocycles. The van der Waals surface area contributed by atoms with E-state index in [0.29, 0.717) is 0 Å². The summed E-state index contributed by atoms with van der Waals surface area (Å²) in [5, 5.41) is 19.2. The van der Waals surface area contributed by atoms with Crippen molar-refractivity contribution >= 4 is 67.6 Å². The molecule has 0 saturated carbocycles. The predicted octanol–water partition coefficient (Wildman–Crippen LogP) is 10.3. The second kappa shape index (κ2) is 15.9. The number of nitrogens with zero attached hydrogens (tertiary/aromatic N) is 4. The Bertz CT molecular complexity index is 2210. The van der Waals surface area contributed by atoms with Gasteiger partial charge in [0.15, 0.2) is 0 Å². The van der Waals surface area contributed by atoms with Crippen LogP contribution in [0.5, 0.6) is 0 Å². The fraction of sp³-hybridized carbons (Fsp3) is 0.100. The van der Waals surface area contributed by atoms with Crippen molar-refractivity contribution < 1.29 is 66.6 Å². The minimum Gasteiger partial charge on any atom is -0.504 e. The van der Waals surface area contributed by atoms with E-state index in [1.165, 1.54) is 55.4 Å².